The highest BCUT2D eigenvalue weighted by molar-refractivity contribution is 6.06. The van der Waals surface area contributed by atoms with Crippen molar-refractivity contribution in [3.63, 3.8) is 0 Å². The van der Waals surface area contributed by atoms with Gasteiger partial charge in [0.25, 0.3) is 5.91 Å². The van der Waals surface area contributed by atoms with Gasteiger partial charge < -0.3 is 20.1 Å². The Hall–Kier alpha value is -3.88. The van der Waals surface area contributed by atoms with E-state index in [4.69, 9.17) is 9.47 Å². The number of benzene rings is 2. The lowest BCUT2D eigenvalue weighted by atomic mass is 9.95. The van der Waals surface area contributed by atoms with Gasteiger partial charge in [0, 0.05) is 5.70 Å². The smallest absolute Gasteiger partial charge is 0.255 e. The third-order valence-corrected chi connectivity index (χ3v) is 4.72. The highest BCUT2D eigenvalue weighted by Crippen LogP contribution is 2.36. The van der Waals surface area contributed by atoms with E-state index in [9.17, 15) is 4.79 Å². The van der Waals surface area contributed by atoms with Crippen molar-refractivity contribution in [2.75, 3.05) is 24.9 Å². The molecule has 148 valence electrons. The van der Waals surface area contributed by atoms with Crippen molar-refractivity contribution in [1.82, 2.24) is 20.2 Å². The van der Waals surface area contributed by atoms with Gasteiger partial charge in [-0.25, -0.2) is 0 Å². The number of amides is 1. The lowest BCUT2D eigenvalue weighted by Crippen LogP contribution is -2.31. The van der Waals surface area contributed by atoms with Crippen LogP contribution in [0.25, 0.3) is 0 Å². The van der Waals surface area contributed by atoms with E-state index in [2.05, 4.69) is 26.2 Å². The minimum Gasteiger partial charge on any atom is -0.497 e. The van der Waals surface area contributed by atoms with Gasteiger partial charge in [0.1, 0.15) is 17.5 Å². The molecule has 2 N–H and O–H groups in total. The fourth-order valence-electron chi connectivity index (χ4n) is 3.36. The molecule has 9 heteroatoms. The molecule has 0 bridgehead atoms. The zero-order valence-corrected chi connectivity index (χ0v) is 16.2. The molecule has 0 fully saturated rings. The van der Waals surface area contributed by atoms with E-state index in [1.54, 1.807) is 31.0 Å². The van der Waals surface area contributed by atoms with Gasteiger partial charge in [-0.05, 0) is 47.2 Å². The molecule has 3 aromatic rings. The van der Waals surface area contributed by atoms with Gasteiger partial charge in [-0.1, -0.05) is 29.4 Å². The zero-order chi connectivity index (χ0) is 20.4. The number of ether oxygens (including phenoxy) is 2. The standard InChI is InChI=1S/C20H20N6O3/c1-12-17(19(27)22-15-9-4-5-10-16(15)29-3)18(26-20(21-12)23-24-25-26)13-7-6-8-14(11-13)28-2/h4-11,18H,1-3H3,(H,22,27)(H,21,23,25)/t18-/m0/s1. The second kappa shape index (κ2) is 7.63. The van der Waals surface area contributed by atoms with Crippen LogP contribution in [-0.4, -0.2) is 40.3 Å². The first kappa shape index (κ1) is 18.5. The number of allylic oxidation sites excluding steroid dienone is 1. The molecule has 0 aliphatic carbocycles. The van der Waals surface area contributed by atoms with Crippen LogP contribution in [0.2, 0.25) is 0 Å². The van der Waals surface area contributed by atoms with Crippen molar-refractivity contribution in [1.29, 1.82) is 0 Å². The summed E-state index contributed by atoms with van der Waals surface area (Å²) in [5.41, 5.74) is 2.55. The Morgan fingerprint density at radius 3 is 2.76 bits per heavy atom. The number of anilines is 2. The van der Waals surface area contributed by atoms with Crippen LogP contribution < -0.4 is 20.1 Å². The minimum atomic E-state index is -0.522. The lowest BCUT2D eigenvalue weighted by Gasteiger charge is -2.28. The summed E-state index contributed by atoms with van der Waals surface area (Å²) in [7, 11) is 3.16. The number of hydrogen-bond acceptors (Lipinski definition) is 7. The van der Waals surface area contributed by atoms with Crippen molar-refractivity contribution in [3.05, 3.63) is 65.4 Å². The Balaban J connectivity index is 1.77. The number of para-hydroxylation sites is 2. The van der Waals surface area contributed by atoms with Crippen LogP contribution in [0, 0.1) is 0 Å². The molecule has 0 spiro atoms. The molecule has 0 unspecified atom stereocenters. The second-order valence-corrected chi connectivity index (χ2v) is 6.44. The number of nitrogens with zero attached hydrogens (tertiary/aromatic N) is 4. The molecule has 0 saturated carbocycles. The van der Waals surface area contributed by atoms with E-state index in [-0.39, 0.29) is 5.91 Å². The monoisotopic (exact) mass is 392 g/mol. The van der Waals surface area contributed by atoms with Crippen molar-refractivity contribution in [3.8, 4) is 11.5 Å². The first-order valence-electron chi connectivity index (χ1n) is 8.96. The Kier molecular flexibility index (Phi) is 4.86. The molecule has 29 heavy (non-hydrogen) atoms. The molecule has 9 nitrogen and oxygen atoms in total. The molecule has 4 rings (SSSR count). The van der Waals surface area contributed by atoms with E-state index >= 15 is 0 Å². The average Bonchev–Trinajstić information content (AvgIpc) is 3.21. The molecule has 1 aliphatic rings. The van der Waals surface area contributed by atoms with Crippen molar-refractivity contribution in [2.45, 2.75) is 13.0 Å². The second-order valence-electron chi connectivity index (χ2n) is 6.44. The third kappa shape index (κ3) is 3.38. The van der Waals surface area contributed by atoms with Gasteiger partial charge in [0.15, 0.2) is 0 Å². The quantitative estimate of drug-likeness (QED) is 0.688. The number of nitrogens with one attached hydrogen (secondary N) is 2. The van der Waals surface area contributed by atoms with E-state index in [1.807, 2.05) is 43.3 Å². The first-order chi connectivity index (χ1) is 14.1. The minimum absolute atomic E-state index is 0.284. The summed E-state index contributed by atoms with van der Waals surface area (Å²) >= 11 is 0. The number of fused-ring (bicyclic) bond motifs is 1. The van der Waals surface area contributed by atoms with Gasteiger partial charge in [0.05, 0.1) is 25.5 Å². The molecule has 1 aliphatic heterocycles. The number of rotatable bonds is 5. The number of carbonyl (C=O) groups excluding carboxylic acids is 1. The Labute approximate surface area is 167 Å². The summed E-state index contributed by atoms with van der Waals surface area (Å²) in [5, 5.41) is 17.9. The number of tetrazole rings is 1. The Morgan fingerprint density at radius 1 is 1.14 bits per heavy atom. The summed E-state index contributed by atoms with van der Waals surface area (Å²) in [4.78, 5) is 13.3. The normalized spacial score (nSPS) is 15.3. The van der Waals surface area contributed by atoms with Crippen LogP contribution in [0.1, 0.15) is 18.5 Å². The third-order valence-electron chi connectivity index (χ3n) is 4.72. The highest BCUT2D eigenvalue weighted by atomic mass is 16.5. The first-order valence-corrected chi connectivity index (χ1v) is 8.96. The van der Waals surface area contributed by atoms with Crippen LogP contribution in [0.4, 0.5) is 11.6 Å². The van der Waals surface area contributed by atoms with Crippen LogP contribution in [-0.2, 0) is 4.79 Å². The largest absolute Gasteiger partial charge is 0.497 e. The van der Waals surface area contributed by atoms with Crippen molar-refractivity contribution in [2.24, 2.45) is 0 Å². The maximum Gasteiger partial charge on any atom is 0.255 e. The lowest BCUT2D eigenvalue weighted by molar-refractivity contribution is -0.113. The molecule has 1 amide bonds. The van der Waals surface area contributed by atoms with Crippen LogP contribution in [0.3, 0.4) is 0 Å². The van der Waals surface area contributed by atoms with Gasteiger partial charge in [-0.2, -0.15) is 4.68 Å². The van der Waals surface area contributed by atoms with E-state index in [0.29, 0.717) is 34.4 Å². The highest BCUT2D eigenvalue weighted by Gasteiger charge is 2.34. The van der Waals surface area contributed by atoms with Crippen LogP contribution in [0.5, 0.6) is 11.5 Å². The Morgan fingerprint density at radius 2 is 1.97 bits per heavy atom. The van der Waals surface area contributed by atoms with E-state index in [0.717, 1.165) is 5.56 Å². The fourth-order valence-corrected chi connectivity index (χ4v) is 3.36. The molecule has 1 atom stereocenters. The molecule has 0 radical (unpaired) electrons. The topological polar surface area (TPSA) is 103 Å². The predicted molar refractivity (Wildman–Crippen MR) is 107 cm³/mol. The molecule has 2 aromatic carbocycles. The van der Waals surface area contributed by atoms with Crippen molar-refractivity contribution < 1.29 is 14.3 Å². The zero-order valence-electron chi connectivity index (χ0n) is 16.2. The fraction of sp³-hybridized carbons (Fsp3) is 0.200. The van der Waals surface area contributed by atoms with E-state index in [1.165, 1.54) is 0 Å². The number of hydrogen-bond donors (Lipinski definition) is 2. The molecule has 1 aromatic heterocycles. The maximum atomic E-state index is 13.3. The number of carbonyl (C=O) groups is 1. The van der Waals surface area contributed by atoms with Gasteiger partial charge in [0.2, 0.25) is 5.95 Å². The summed E-state index contributed by atoms with van der Waals surface area (Å²) in [6.45, 7) is 1.82. The average molecular weight is 392 g/mol. The predicted octanol–water partition coefficient (Wildman–Crippen LogP) is 2.62. The number of methoxy groups -OCH3 is 2. The van der Waals surface area contributed by atoms with Crippen molar-refractivity contribution >= 4 is 17.5 Å². The summed E-state index contributed by atoms with van der Waals surface area (Å²) in [6.07, 6.45) is 0. The molecular weight excluding hydrogens is 372 g/mol. The summed E-state index contributed by atoms with van der Waals surface area (Å²) in [6, 6.07) is 14.2. The van der Waals surface area contributed by atoms with Gasteiger partial charge in [-0.3, -0.25) is 4.79 Å². The van der Waals surface area contributed by atoms with E-state index < -0.39 is 6.04 Å². The maximum absolute atomic E-state index is 13.3. The Bertz CT molecular complexity index is 1090. The number of aromatic nitrogens is 4. The molecule has 2 heterocycles. The SMILES string of the molecule is COc1cccc([C@H]2C(C(=O)Nc3ccccc3OC)=C(C)Nc3nnnn32)c1. The molecular formula is C20H20N6O3. The van der Waals surface area contributed by atoms with Gasteiger partial charge >= 0.3 is 0 Å². The molecule has 0 saturated heterocycles. The van der Waals surface area contributed by atoms with Crippen LogP contribution in [0.15, 0.2) is 59.8 Å². The summed E-state index contributed by atoms with van der Waals surface area (Å²) < 4.78 is 12.3. The van der Waals surface area contributed by atoms with Crippen LogP contribution >= 0.6 is 0 Å². The van der Waals surface area contributed by atoms with Gasteiger partial charge in [-0.15, -0.1) is 0 Å². The summed E-state index contributed by atoms with van der Waals surface area (Å²) in [5.74, 6) is 1.43.